The first-order valence-corrected chi connectivity index (χ1v) is 5.99. The lowest BCUT2D eigenvalue weighted by molar-refractivity contribution is -0.120. The summed E-state index contributed by atoms with van der Waals surface area (Å²) < 4.78 is 0. The van der Waals surface area contributed by atoms with E-state index in [4.69, 9.17) is 11.6 Å². The molecule has 0 saturated heterocycles. The molecule has 0 fully saturated rings. The molecule has 2 rings (SSSR count). The fourth-order valence-corrected chi connectivity index (χ4v) is 1.79. The average Bonchev–Trinajstić information content (AvgIpc) is 2.38. The highest BCUT2D eigenvalue weighted by Crippen LogP contribution is 2.26. The minimum Gasteiger partial charge on any atom is -0.352 e. The number of halogens is 1. The summed E-state index contributed by atoms with van der Waals surface area (Å²) in [7, 11) is 0. The third-order valence-electron chi connectivity index (χ3n) is 2.67. The van der Waals surface area contributed by atoms with Crippen LogP contribution in [0.5, 0.6) is 0 Å². The van der Waals surface area contributed by atoms with Crippen LogP contribution in [0, 0.1) is 0 Å². The Kier molecular flexibility index (Phi) is 3.72. The largest absolute Gasteiger partial charge is 0.352 e. The van der Waals surface area contributed by atoms with Crippen LogP contribution >= 0.6 is 11.6 Å². The molecule has 2 atom stereocenters. The molecule has 0 spiro atoms. The molecule has 5 nitrogen and oxygen atoms in total. The number of alkyl halides is 1. The standard InChI is InChI=1S/C12H12ClN3O2/c1-7(13)11(17)14-6-10-8-4-2-3-5-9(8)12(18)16-15-10/h2-5,7,10H,6H2,1H3,(H,14,17). The molecule has 2 unspecified atom stereocenters. The second kappa shape index (κ2) is 5.27. The van der Waals surface area contributed by atoms with Gasteiger partial charge in [0.2, 0.25) is 5.91 Å². The lowest BCUT2D eigenvalue weighted by Crippen LogP contribution is -2.33. The van der Waals surface area contributed by atoms with Crippen molar-refractivity contribution in [1.29, 1.82) is 0 Å². The third kappa shape index (κ3) is 2.56. The van der Waals surface area contributed by atoms with Gasteiger partial charge in [-0.25, -0.2) is 0 Å². The van der Waals surface area contributed by atoms with Gasteiger partial charge in [0.15, 0.2) is 0 Å². The Morgan fingerprint density at radius 3 is 2.94 bits per heavy atom. The minimum atomic E-state index is -0.595. The molecule has 2 amide bonds. The van der Waals surface area contributed by atoms with E-state index in [1.807, 2.05) is 12.1 Å². The van der Waals surface area contributed by atoms with E-state index in [9.17, 15) is 9.59 Å². The molecule has 1 heterocycles. The van der Waals surface area contributed by atoms with E-state index >= 15 is 0 Å². The Morgan fingerprint density at radius 2 is 2.22 bits per heavy atom. The van der Waals surface area contributed by atoms with Crippen LogP contribution in [0.2, 0.25) is 0 Å². The monoisotopic (exact) mass is 265 g/mol. The molecule has 0 aromatic heterocycles. The van der Waals surface area contributed by atoms with Crippen LogP contribution in [-0.2, 0) is 4.79 Å². The van der Waals surface area contributed by atoms with Gasteiger partial charge >= 0.3 is 0 Å². The van der Waals surface area contributed by atoms with E-state index < -0.39 is 5.38 Å². The number of nitrogens with one attached hydrogen (secondary N) is 1. The Labute approximate surface area is 109 Å². The molecule has 0 bridgehead atoms. The maximum absolute atomic E-state index is 11.5. The quantitative estimate of drug-likeness (QED) is 0.850. The zero-order valence-electron chi connectivity index (χ0n) is 9.76. The number of azo groups is 1. The highest BCUT2D eigenvalue weighted by Gasteiger charge is 2.24. The number of benzene rings is 1. The Morgan fingerprint density at radius 1 is 1.50 bits per heavy atom. The zero-order chi connectivity index (χ0) is 13.1. The van der Waals surface area contributed by atoms with E-state index in [2.05, 4.69) is 15.5 Å². The maximum atomic E-state index is 11.5. The predicted molar refractivity (Wildman–Crippen MR) is 66.7 cm³/mol. The number of rotatable bonds is 3. The van der Waals surface area contributed by atoms with Crippen molar-refractivity contribution in [3.8, 4) is 0 Å². The smallest absolute Gasteiger partial charge is 0.295 e. The topological polar surface area (TPSA) is 70.9 Å². The SMILES string of the molecule is CC(Cl)C(=O)NCC1N=NC(=O)c2ccccc21. The molecule has 1 aliphatic heterocycles. The van der Waals surface area contributed by atoms with Crippen LogP contribution in [0.25, 0.3) is 0 Å². The van der Waals surface area contributed by atoms with Crippen LogP contribution < -0.4 is 5.32 Å². The lowest BCUT2D eigenvalue weighted by atomic mass is 9.99. The van der Waals surface area contributed by atoms with E-state index in [0.717, 1.165) is 5.56 Å². The van der Waals surface area contributed by atoms with Crippen LogP contribution in [0.15, 0.2) is 34.5 Å². The fraction of sp³-hybridized carbons (Fsp3) is 0.333. The summed E-state index contributed by atoms with van der Waals surface area (Å²) in [6, 6.07) is 6.78. The molecular formula is C12H12ClN3O2. The van der Waals surface area contributed by atoms with Crippen molar-refractivity contribution < 1.29 is 9.59 Å². The fourth-order valence-electron chi connectivity index (χ4n) is 1.71. The highest BCUT2D eigenvalue weighted by atomic mass is 35.5. The number of amides is 2. The van der Waals surface area contributed by atoms with Crippen molar-refractivity contribution in [3.63, 3.8) is 0 Å². The summed E-state index contributed by atoms with van der Waals surface area (Å²) in [5.41, 5.74) is 1.31. The molecule has 18 heavy (non-hydrogen) atoms. The molecule has 1 aromatic carbocycles. The normalized spacial score (nSPS) is 19.2. The average molecular weight is 266 g/mol. The second-order valence-corrected chi connectivity index (χ2v) is 4.64. The van der Waals surface area contributed by atoms with Crippen molar-refractivity contribution >= 4 is 23.4 Å². The number of hydrogen-bond donors (Lipinski definition) is 1. The number of nitrogens with zero attached hydrogens (tertiary/aromatic N) is 2. The van der Waals surface area contributed by atoms with Crippen LogP contribution in [0.4, 0.5) is 0 Å². The summed E-state index contributed by atoms with van der Waals surface area (Å²) in [6.07, 6.45) is 0. The molecule has 1 N–H and O–H groups in total. The van der Waals surface area contributed by atoms with Gasteiger partial charge in [0, 0.05) is 12.1 Å². The second-order valence-electron chi connectivity index (χ2n) is 3.98. The van der Waals surface area contributed by atoms with Gasteiger partial charge in [0.05, 0.1) is 0 Å². The first-order valence-electron chi connectivity index (χ1n) is 5.55. The predicted octanol–water partition coefficient (Wildman–Crippen LogP) is 2.08. The Balaban J connectivity index is 2.13. The van der Waals surface area contributed by atoms with E-state index in [1.165, 1.54) is 0 Å². The minimum absolute atomic E-state index is 0.263. The van der Waals surface area contributed by atoms with E-state index in [-0.39, 0.29) is 24.4 Å². The van der Waals surface area contributed by atoms with Gasteiger partial charge in [0.25, 0.3) is 5.91 Å². The summed E-state index contributed by atoms with van der Waals surface area (Å²) >= 11 is 5.65. The first kappa shape index (κ1) is 12.7. The first-order chi connectivity index (χ1) is 8.59. The Bertz CT molecular complexity index is 514. The van der Waals surface area contributed by atoms with Gasteiger partial charge in [-0.2, -0.15) is 5.11 Å². The summed E-state index contributed by atoms with van der Waals surface area (Å²) in [4.78, 5) is 22.9. The highest BCUT2D eigenvalue weighted by molar-refractivity contribution is 6.30. The van der Waals surface area contributed by atoms with Crippen molar-refractivity contribution in [3.05, 3.63) is 35.4 Å². The van der Waals surface area contributed by atoms with Crippen molar-refractivity contribution in [2.45, 2.75) is 18.3 Å². The molecule has 0 saturated carbocycles. The zero-order valence-corrected chi connectivity index (χ0v) is 10.5. The summed E-state index contributed by atoms with van der Waals surface area (Å²) in [6.45, 7) is 1.88. The van der Waals surface area contributed by atoms with Crippen molar-refractivity contribution in [1.82, 2.24) is 5.32 Å². The molecule has 0 aliphatic carbocycles. The molecule has 1 aromatic rings. The lowest BCUT2D eigenvalue weighted by Gasteiger charge is -2.18. The molecule has 0 radical (unpaired) electrons. The number of hydrogen-bond acceptors (Lipinski definition) is 3. The number of fused-ring (bicyclic) bond motifs is 1. The van der Waals surface area contributed by atoms with Crippen molar-refractivity contribution in [2.24, 2.45) is 10.2 Å². The molecule has 1 aliphatic rings. The van der Waals surface area contributed by atoms with Crippen LogP contribution in [-0.4, -0.2) is 23.7 Å². The van der Waals surface area contributed by atoms with Gasteiger partial charge in [-0.3, -0.25) is 9.59 Å². The molecule has 6 heteroatoms. The Hall–Kier alpha value is -1.75. The van der Waals surface area contributed by atoms with Crippen LogP contribution in [0.3, 0.4) is 0 Å². The molecule has 94 valence electrons. The van der Waals surface area contributed by atoms with E-state index in [0.29, 0.717) is 5.56 Å². The van der Waals surface area contributed by atoms with Crippen LogP contribution in [0.1, 0.15) is 28.9 Å². The van der Waals surface area contributed by atoms with Crippen molar-refractivity contribution in [2.75, 3.05) is 6.54 Å². The number of carbonyl (C=O) groups excluding carboxylic acids is 2. The molecular weight excluding hydrogens is 254 g/mol. The third-order valence-corrected chi connectivity index (χ3v) is 2.87. The summed E-state index contributed by atoms with van der Waals surface area (Å²) in [5, 5.41) is 9.55. The van der Waals surface area contributed by atoms with Gasteiger partial charge in [0.1, 0.15) is 11.4 Å². The van der Waals surface area contributed by atoms with Gasteiger partial charge in [-0.1, -0.05) is 18.2 Å². The number of carbonyl (C=O) groups is 2. The maximum Gasteiger partial charge on any atom is 0.295 e. The van der Waals surface area contributed by atoms with Gasteiger partial charge in [-0.15, -0.1) is 16.7 Å². The van der Waals surface area contributed by atoms with Gasteiger partial charge < -0.3 is 5.32 Å². The van der Waals surface area contributed by atoms with Gasteiger partial charge in [-0.05, 0) is 18.6 Å². The van der Waals surface area contributed by atoms with E-state index in [1.54, 1.807) is 19.1 Å². The summed E-state index contributed by atoms with van der Waals surface area (Å²) in [5.74, 6) is -0.611.